The zero-order valence-corrected chi connectivity index (χ0v) is 17.7. The number of aryl methyl sites for hydroxylation is 1. The number of benzene rings is 2. The Bertz CT molecular complexity index is 1400. The molecular formula is C24H22N4O4. The molecular weight excluding hydrogens is 408 g/mol. The van der Waals surface area contributed by atoms with Gasteiger partial charge < -0.3 is 10.1 Å². The molecule has 0 fully saturated rings. The highest BCUT2D eigenvalue weighted by Crippen LogP contribution is 2.23. The van der Waals surface area contributed by atoms with E-state index in [1.165, 1.54) is 17.9 Å². The van der Waals surface area contributed by atoms with E-state index in [0.29, 0.717) is 17.0 Å². The van der Waals surface area contributed by atoms with Gasteiger partial charge in [0.15, 0.2) is 5.52 Å². The van der Waals surface area contributed by atoms with Gasteiger partial charge in [0.05, 0.1) is 24.9 Å². The smallest absolute Gasteiger partial charge is 0.332 e. The minimum atomic E-state index is -0.578. The molecule has 0 saturated carbocycles. The quantitative estimate of drug-likeness (QED) is 0.507. The number of ether oxygens (including phenoxy) is 1. The van der Waals surface area contributed by atoms with Crippen molar-refractivity contribution in [1.29, 1.82) is 0 Å². The summed E-state index contributed by atoms with van der Waals surface area (Å²) < 4.78 is 7.64. The number of carbonyl (C=O) groups is 1. The molecule has 4 aromatic rings. The Labute approximate surface area is 183 Å². The first-order valence-electron chi connectivity index (χ1n) is 10.0. The van der Waals surface area contributed by atoms with E-state index in [1.54, 1.807) is 36.4 Å². The van der Waals surface area contributed by atoms with E-state index in [2.05, 4.69) is 10.3 Å². The van der Waals surface area contributed by atoms with Crippen molar-refractivity contribution in [3.63, 3.8) is 0 Å². The number of rotatable bonds is 6. The Hall–Kier alpha value is -4.20. The largest absolute Gasteiger partial charge is 0.495 e. The van der Waals surface area contributed by atoms with Gasteiger partial charge in [-0.05, 0) is 36.8 Å². The van der Waals surface area contributed by atoms with Gasteiger partial charge in [0.1, 0.15) is 12.3 Å². The number of carbonyl (C=O) groups excluding carboxylic acids is 1. The highest BCUT2D eigenvalue weighted by atomic mass is 16.5. The first-order valence-corrected chi connectivity index (χ1v) is 10.0. The van der Waals surface area contributed by atoms with Crippen molar-refractivity contribution < 1.29 is 9.53 Å². The number of methoxy groups -OCH3 is 1. The lowest BCUT2D eigenvalue weighted by molar-refractivity contribution is -0.116. The molecule has 0 saturated heterocycles. The maximum absolute atomic E-state index is 13.3. The number of anilines is 1. The van der Waals surface area contributed by atoms with Crippen LogP contribution in [-0.4, -0.2) is 27.1 Å². The number of hydrogen-bond donors (Lipinski definition) is 1. The molecule has 0 aliphatic carbocycles. The monoisotopic (exact) mass is 430 g/mol. The van der Waals surface area contributed by atoms with Crippen LogP contribution in [0.25, 0.3) is 11.0 Å². The summed E-state index contributed by atoms with van der Waals surface area (Å²) in [7, 11) is 1.51. The Morgan fingerprint density at radius 2 is 1.75 bits per heavy atom. The maximum atomic E-state index is 13.3. The molecule has 32 heavy (non-hydrogen) atoms. The van der Waals surface area contributed by atoms with Gasteiger partial charge in [0.2, 0.25) is 5.91 Å². The van der Waals surface area contributed by atoms with Crippen molar-refractivity contribution in [3.05, 3.63) is 98.8 Å². The van der Waals surface area contributed by atoms with E-state index in [-0.39, 0.29) is 18.6 Å². The summed E-state index contributed by atoms with van der Waals surface area (Å²) in [5.74, 6) is 0.0753. The van der Waals surface area contributed by atoms with Gasteiger partial charge in [-0.3, -0.25) is 18.7 Å². The third kappa shape index (κ3) is 4.15. The van der Waals surface area contributed by atoms with Crippen LogP contribution in [0.3, 0.4) is 0 Å². The Kier molecular flexibility index (Phi) is 5.85. The fraction of sp³-hybridized carbons (Fsp3) is 0.167. The van der Waals surface area contributed by atoms with Crippen molar-refractivity contribution in [2.45, 2.75) is 20.0 Å². The highest BCUT2D eigenvalue weighted by Gasteiger charge is 2.17. The van der Waals surface area contributed by atoms with Crippen molar-refractivity contribution in [2.24, 2.45) is 0 Å². The Morgan fingerprint density at radius 3 is 2.50 bits per heavy atom. The molecule has 8 nitrogen and oxygen atoms in total. The van der Waals surface area contributed by atoms with Gasteiger partial charge >= 0.3 is 5.69 Å². The van der Waals surface area contributed by atoms with Crippen LogP contribution in [0.15, 0.2) is 76.4 Å². The van der Waals surface area contributed by atoms with Crippen LogP contribution in [0.4, 0.5) is 5.69 Å². The molecule has 0 aliphatic rings. The zero-order valence-electron chi connectivity index (χ0n) is 17.7. The number of nitrogens with zero attached hydrogens (tertiary/aromatic N) is 3. The van der Waals surface area contributed by atoms with Crippen LogP contribution in [0.1, 0.15) is 11.1 Å². The number of aromatic nitrogens is 3. The van der Waals surface area contributed by atoms with Gasteiger partial charge in [-0.25, -0.2) is 9.78 Å². The summed E-state index contributed by atoms with van der Waals surface area (Å²) in [5.41, 5.74) is 1.73. The zero-order chi connectivity index (χ0) is 22.7. The molecule has 2 aromatic carbocycles. The summed E-state index contributed by atoms with van der Waals surface area (Å²) in [6.07, 6.45) is 1.49. The van der Waals surface area contributed by atoms with Crippen LogP contribution in [0.2, 0.25) is 0 Å². The average Bonchev–Trinajstić information content (AvgIpc) is 2.81. The van der Waals surface area contributed by atoms with Crippen molar-refractivity contribution in [2.75, 3.05) is 12.4 Å². The summed E-state index contributed by atoms with van der Waals surface area (Å²) in [4.78, 5) is 43.3. The standard InChI is InChI=1S/C24H22N4O4/c1-16-9-11-17(12-10-16)14-28-23(30)22-19(7-5-13-25-22)27(24(28)31)15-21(29)26-18-6-3-4-8-20(18)32-2/h3-13H,14-15H2,1-2H3,(H,26,29). The second kappa shape index (κ2) is 8.89. The van der Waals surface area contributed by atoms with Crippen LogP contribution in [0, 0.1) is 6.92 Å². The Balaban J connectivity index is 1.75. The molecule has 1 amide bonds. The minimum absolute atomic E-state index is 0.0819. The molecule has 0 radical (unpaired) electrons. The summed E-state index contributed by atoms with van der Waals surface area (Å²) >= 11 is 0. The lowest BCUT2D eigenvalue weighted by Gasteiger charge is -2.14. The van der Waals surface area contributed by atoms with E-state index in [4.69, 9.17) is 4.74 Å². The lowest BCUT2D eigenvalue weighted by atomic mass is 10.1. The van der Waals surface area contributed by atoms with Crippen molar-refractivity contribution in [3.8, 4) is 5.75 Å². The van der Waals surface area contributed by atoms with Gasteiger partial charge in [-0.2, -0.15) is 0 Å². The normalized spacial score (nSPS) is 10.8. The first kappa shape index (κ1) is 21.0. The fourth-order valence-electron chi connectivity index (χ4n) is 3.49. The van der Waals surface area contributed by atoms with E-state index >= 15 is 0 Å². The topological polar surface area (TPSA) is 95.2 Å². The number of nitrogens with one attached hydrogen (secondary N) is 1. The van der Waals surface area contributed by atoms with Crippen molar-refractivity contribution >= 4 is 22.6 Å². The predicted molar refractivity (Wildman–Crippen MR) is 122 cm³/mol. The van der Waals surface area contributed by atoms with Crippen LogP contribution >= 0.6 is 0 Å². The predicted octanol–water partition coefficient (Wildman–Crippen LogP) is 2.56. The molecule has 0 spiro atoms. The molecule has 0 bridgehead atoms. The number of fused-ring (bicyclic) bond motifs is 1. The molecule has 1 N–H and O–H groups in total. The van der Waals surface area contributed by atoms with Crippen LogP contribution in [-0.2, 0) is 17.9 Å². The Morgan fingerprint density at radius 1 is 1.00 bits per heavy atom. The van der Waals surface area contributed by atoms with E-state index in [9.17, 15) is 14.4 Å². The third-order valence-corrected chi connectivity index (χ3v) is 5.13. The number of pyridine rings is 1. The fourth-order valence-corrected chi connectivity index (χ4v) is 3.49. The van der Waals surface area contributed by atoms with E-state index in [1.807, 2.05) is 31.2 Å². The second-order valence-electron chi connectivity index (χ2n) is 7.37. The molecule has 2 aromatic heterocycles. The summed E-state index contributed by atoms with van der Waals surface area (Å²) in [6.45, 7) is 1.76. The summed E-state index contributed by atoms with van der Waals surface area (Å²) in [6, 6.07) is 17.8. The molecule has 4 rings (SSSR count). The van der Waals surface area contributed by atoms with E-state index in [0.717, 1.165) is 15.7 Å². The first-order chi connectivity index (χ1) is 15.5. The lowest BCUT2D eigenvalue weighted by Crippen LogP contribution is -2.42. The number of amides is 1. The minimum Gasteiger partial charge on any atom is -0.495 e. The van der Waals surface area contributed by atoms with Crippen LogP contribution < -0.4 is 21.3 Å². The van der Waals surface area contributed by atoms with Crippen molar-refractivity contribution in [1.82, 2.24) is 14.1 Å². The molecule has 0 aliphatic heterocycles. The van der Waals surface area contributed by atoms with Gasteiger partial charge in [-0.15, -0.1) is 0 Å². The number of para-hydroxylation sites is 2. The van der Waals surface area contributed by atoms with Gasteiger partial charge in [0, 0.05) is 6.20 Å². The SMILES string of the molecule is COc1ccccc1NC(=O)Cn1c(=O)n(Cc2ccc(C)cc2)c(=O)c2ncccc21. The molecule has 8 heteroatoms. The maximum Gasteiger partial charge on any atom is 0.332 e. The average molecular weight is 430 g/mol. The highest BCUT2D eigenvalue weighted by molar-refractivity contribution is 5.92. The number of hydrogen-bond acceptors (Lipinski definition) is 5. The molecule has 162 valence electrons. The molecule has 0 atom stereocenters. The summed E-state index contributed by atoms with van der Waals surface area (Å²) in [5, 5.41) is 2.76. The van der Waals surface area contributed by atoms with E-state index < -0.39 is 17.2 Å². The van der Waals surface area contributed by atoms with Gasteiger partial charge in [-0.1, -0.05) is 42.0 Å². The third-order valence-electron chi connectivity index (χ3n) is 5.13. The van der Waals surface area contributed by atoms with Crippen LogP contribution in [0.5, 0.6) is 5.75 Å². The van der Waals surface area contributed by atoms with Gasteiger partial charge in [0.25, 0.3) is 5.56 Å². The molecule has 2 heterocycles. The second-order valence-corrected chi connectivity index (χ2v) is 7.37. The molecule has 0 unspecified atom stereocenters.